The Labute approximate surface area is 166 Å². The highest BCUT2D eigenvalue weighted by atomic mass is 35.5. The summed E-state index contributed by atoms with van der Waals surface area (Å²) in [6.07, 6.45) is 5.63. The van der Waals surface area contributed by atoms with Crippen LogP contribution in [0.2, 0.25) is 0 Å². The molecule has 0 saturated carbocycles. The average Bonchev–Trinajstić information content (AvgIpc) is 2.97. The average molecular weight is 397 g/mol. The van der Waals surface area contributed by atoms with Gasteiger partial charge in [0.2, 0.25) is 5.91 Å². The molecule has 0 radical (unpaired) electrons. The van der Waals surface area contributed by atoms with Crippen molar-refractivity contribution in [2.24, 2.45) is 0 Å². The van der Waals surface area contributed by atoms with Crippen LogP contribution in [0.4, 0.5) is 0 Å². The highest BCUT2D eigenvalue weighted by Crippen LogP contribution is 2.29. The third kappa shape index (κ3) is 5.84. The number of carbonyl (C=O) groups is 2. The van der Waals surface area contributed by atoms with Crippen LogP contribution in [-0.4, -0.2) is 43.5 Å². The molecule has 2 saturated heterocycles. The Bertz CT molecular complexity index is 655. The molecule has 1 aromatic carbocycles. The van der Waals surface area contributed by atoms with E-state index in [-0.39, 0.29) is 24.1 Å². The Balaban J connectivity index is 0.00000261. The standard InChI is InChI=1S/C20H28N2O4.ClH/c1-13(23)14-5-8-18(19(10-14)25-2)26-9-3-4-20(24)22-17-11-15-6-7-16(12-17)21-15;/h5,8,10,15-17,21H,3-4,6-7,9,11-12H2,1-2H3,(H,22,24);1H. The van der Waals surface area contributed by atoms with Crippen molar-refractivity contribution in [3.8, 4) is 11.5 Å². The fraction of sp³-hybridized carbons (Fsp3) is 0.600. The summed E-state index contributed by atoms with van der Waals surface area (Å²) in [7, 11) is 1.55. The Morgan fingerprint density at radius 3 is 2.52 bits per heavy atom. The number of nitrogens with one attached hydrogen (secondary N) is 2. The summed E-state index contributed by atoms with van der Waals surface area (Å²) in [4.78, 5) is 23.6. The van der Waals surface area contributed by atoms with Crippen LogP contribution in [0.25, 0.3) is 0 Å². The fourth-order valence-corrected chi connectivity index (χ4v) is 3.90. The Hall–Kier alpha value is -1.79. The maximum atomic E-state index is 12.1. The van der Waals surface area contributed by atoms with Gasteiger partial charge in [-0.1, -0.05) is 0 Å². The lowest BCUT2D eigenvalue weighted by Gasteiger charge is -2.29. The summed E-state index contributed by atoms with van der Waals surface area (Å²) < 4.78 is 11.0. The van der Waals surface area contributed by atoms with Crippen molar-refractivity contribution in [2.75, 3.05) is 13.7 Å². The van der Waals surface area contributed by atoms with Crippen LogP contribution in [0.1, 0.15) is 55.8 Å². The number of hydrogen-bond acceptors (Lipinski definition) is 5. The number of piperidine rings is 1. The number of ether oxygens (including phenoxy) is 2. The summed E-state index contributed by atoms with van der Waals surface area (Å²) in [5.41, 5.74) is 0.588. The van der Waals surface area contributed by atoms with Crippen molar-refractivity contribution in [2.45, 2.75) is 63.6 Å². The minimum absolute atomic E-state index is 0. The first-order chi connectivity index (χ1) is 12.5. The van der Waals surface area contributed by atoms with E-state index in [0.29, 0.717) is 54.6 Å². The van der Waals surface area contributed by atoms with E-state index in [1.54, 1.807) is 25.3 Å². The van der Waals surface area contributed by atoms with Gasteiger partial charge in [0, 0.05) is 30.1 Å². The maximum Gasteiger partial charge on any atom is 0.220 e. The van der Waals surface area contributed by atoms with Crippen LogP contribution >= 0.6 is 12.4 Å². The highest BCUT2D eigenvalue weighted by molar-refractivity contribution is 5.94. The zero-order valence-corrected chi connectivity index (χ0v) is 16.8. The number of rotatable bonds is 8. The van der Waals surface area contributed by atoms with Gasteiger partial charge in [-0.15, -0.1) is 12.4 Å². The van der Waals surface area contributed by atoms with Crippen molar-refractivity contribution in [1.82, 2.24) is 10.6 Å². The number of fused-ring (bicyclic) bond motifs is 2. The monoisotopic (exact) mass is 396 g/mol. The molecule has 2 N–H and O–H groups in total. The lowest BCUT2D eigenvalue weighted by Crippen LogP contribution is -2.48. The second-order valence-electron chi connectivity index (χ2n) is 7.25. The first kappa shape index (κ1) is 21.5. The van der Waals surface area contributed by atoms with E-state index in [2.05, 4.69) is 10.6 Å². The van der Waals surface area contributed by atoms with E-state index in [4.69, 9.17) is 9.47 Å². The molecule has 2 heterocycles. The van der Waals surface area contributed by atoms with Gasteiger partial charge < -0.3 is 20.1 Å². The molecule has 27 heavy (non-hydrogen) atoms. The number of carbonyl (C=O) groups excluding carboxylic acids is 2. The van der Waals surface area contributed by atoms with Gasteiger partial charge in [-0.25, -0.2) is 0 Å². The molecule has 0 aromatic heterocycles. The maximum absolute atomic E-state index is 12.1. The van der Waals surface area contributed by atoms with Gasteiger partial charge in [-0.3, -0.25) is 9.59 Å². The molecule has 6 nitrogen and oxygen atoms in total. The quantitative estimate of drug-likeness (QED) is 0.522. The molecule has 150 valence electrons. The van der Waals surface area contributed by atoms with Gasteiger partial charge >= 0.3 is 0 Å². The van der Waals surface area contributed by atoms with Crippen LogP contribution in [-0.2, 0) is 4.79 Å². The van der Waals surface area contributed by atoms with Crippen molar-refractivity contribution in [3.63, 3.8) is 0 Å². The lowest BCUT2D eigenvalue weighted by atomic mass is 9.99. The van der Waals surface area contributed by atoms with Crippen molar-refractivity contribution < 1.29 is 19.1 Å². The molecule has 7 heteroatoms. The molecule has 2 aliphatic rings. The molecule has 1 aromatic rings. The SMILES string of the molecule is COc1cc(C(C)=O)ccc1OCCCC(=O)NC1CC2CCC(C1)N2.Cl. The molecular weight excluding hydrogens is 368 g/mol. The highest BCUT2D eigenvalue weighted by Gasteiger charge is 2.33. The number of methoxy groups -OCH3 is 1. The second-order valence-corrected chi connectivity index (χ2v) is 7.25. The molecule has 2 atom stereocenters. The summed E-state index contributed by atoms with van der Waals surface area (Å²) in [6, 6.07) is 6.59. The zero-order valence-electron chi connectivity index (χ0n) is 16.0. The minimum atomic E-state index is -0.0159. The van der Waals surface area contributed by atoms with E-state index >= 15 is 0 Å². The molecule has 0 spiro atoms. The number of ketones is 1. The summed E-state index contributed by atoms with van der Waals surface area (Å²) in [6.45, 7) is 1.95. The van der Waals surface area contributed by atoms with Crippen LogP contribution in [0.3, 0.4) is 0 Å². The van der Waals surface area contributed by atoms with Gasteiger partial charge in [-0.2, -0.15) is 0 Å². The van der Waals surface area contributed by atoms with Gasteiger partial charge in [0.15, 0.2) is 17.3 Å². The van der Waals surface area contributed by atoms with Gasteiger partial charge in [0.25, 0.3) is 0 Å². The Kier molecular flexibility index (Phi) is 7.92. The largest absolute Gasteiger partial charge is 0.493 e. The lowest BCUT2D eigenvalue weighted by molar-refractivity contribution is -0.122. The second kappa shape index (κ2) is 9.95. The van der Waals surface area contributed by atoms with Crippen molar-refractivity contribution in [3.05, 3.63) is 23.8 Å². The number of amides is 1. The summed E-state index contributed by atoms with van der Waals surface area (Å²) >= 11 is 0. The molecule has 1 amide bonds. The van der Waals surface area contributed by atoms with Crippen molar-refractivity contribution in [1.29, 1.82) is 0 Å². The van der Waals surface area contributed by atoms with E-state index in [0.717, 1.165) is 12.8 Å². The Morgan fingerprint density at radius 1 is 1.19 bits per heavy atom. The van der Waals surface area contributed by atoms with E-state index in [1.165, 1.54) is 19.8 Å². The molecule has 0 aliphatic carbocycles. The molecule has 2 bridgehead atoms. The smallest absolute Gasteiger partial charge is 0.220 e. The third-order valence-electron chi connectivity index (χ3n) is 5.21. The molecule has 2 aliphatic heterocycles. The van der Waals surface area contributed by atoms with Gasteiger partial charge in [-0.05, 0) is 57.2 Å². The van der Waals surface area contributed by atoms with E-state index in [1.807, 2.05) is 0 Å². The summed E-state index contributed by atoms with van der Waals surface area (Å²) in [5.74, 6) is 1.21. The number of Topliss-reactive ketones (excluding diaryl/α,β-unsaturated/α-hetero) is 1. The predicted molar refractivity (Wildman–Crippen MR) is 106 cm³/mol. The molecule has 3 rings (SSSR count). The number of halogens is 1. The van der Waals surface area contributed by atoms with Gasteiger partial charge in [0.1, 0.15) is 0 Å². The Morgan fingerprint density at radius 2 is 1.89 bits per heavy atom. The predicted octanol–water partition coefficient (Wildman–Crippen LogP) is 2.88. The topological polar surface area (TPSA) is 76.7 Å². The number of hydrogen-bond donors (Lipinski definition) is 2. The normalized spacial score (nSPS) is 23.3. The molecule has 2 unspecified atom stereocenters. The first-order valence-corrected chi connectivity index (χ1v) is 9.42. The summed E-state index contributed by atoms with van der Waals surface area (Å²) in [5, 5.41) is 6.75. The molecular formula is C20H29ClN2O4. The first-order valence-electron chi connectivity index (χ1n) is 9.42. The minimum Gasteiger partial charge on any atom is -0.493 e. The van der Waals surface area contributed by atoms with E-state index in [9.17, 15) is 9.59 Å². The van der Waals surface area contributed by atoms with Crippen LogP contribution in [0, 0.1) is 0 Å². The van der Waals surface area contributed by atoms with E-state index < -0.39 is 0 Å². The van der Waals surface area contributed by atoms with Crippen molar-refractivity contribution >= 4 is 24.1 Å². The zero-order chi connectivity index (χ0) is 18.5. The van der Waals surface area contributed by atoms with Crippen LogP contribution in [0.5, 0.6) is 11.5 Å². The van der Waals surface area contributed by atoms with Crippen LogP contribution in [0.15, 0.2) is 18.2 Å². The fourth-order valence-electron chi connectivity index (χ4n) is 3.90. The third-order valence-corrected chi connectivity index (χ3v) is 5.21. The molecule has 2 fully saturated rings. The van der Waals surface area contributed by atoms with Gasteiger partial charge in [0.05, 0.1) is 13.7 Å². The van der Waals surface area contributed by atoms with Crippen LogP contribution < -0.4 is 20.1 Å². The number of benzene rings is 1.